The van der Waals surface area contributed by atoms with Gasteiger partial charge in [0.25, 0.3) is 0 Å². The van der Waals surface area contributed by atoms with Crippen LogP contribution in [0.25, 0.3) is 0 Å². The van der Waals surface area contributed by atoms with Crippen LogP contribution in [0.1, 0.15) is 37.4 Å². The lowest BCUT2D eigenvalue weighted by molar-refractivity contribution is -0.138. The molecule has 2 fully saturated rings. The average Bonchev–Trinajstić information content (AvgIpc) is 3.00. The molecule has 0 radical (unpaired) electrons. The predicted octanol–water partition coefficient (Wildman–Crippen LogP) is 0.323. The van der Waals surface area contributed by atoms with Gasteiger partial charge in [-0.05, 0) is 38.8 Å². The molecule has 0 aromatic carbocycles. The largest absolute Gasteiger partial charge is 0.369 e. The van der Waals surface area contributed by atoms with Crippen LogP contribution < -0.4 is 5.73 Å². The Labute approximate surface area is 142 Å². The van der Waals surface area contributed by atoms with Gasteiger partial charge in [-0.15, -0.1) is 0 Å². The van der Waals surface area contributed by atoms with Crippen molar-refractivity contribution in [1.82, 2.24) is 19.4 Å². The zero-order valence-electron chi connectivity index (χ0n) is 14.4. The smallest absolute Gasteiger partial charge is 0.231 e. The summed E-state index contributed by atoms with van der Waals surface area (Å²) in [7, 11) is 2.03. The number of nitrogens with zero attached hydrogens (tertiary/aromatic N) is 4. The Balaban J connectivity index is 1.47. The molecule has 2 aliphatic rings. The van der Waals surface area contributed by atoms with E-state index in [-0.39, 0.29) is 17.7 Å². The summed E-state index contributed by atoms with van der Waals surface area (Å²) in [6.07, 6.45) is 7.44. The first-order chi connectivity index (χ1) is 11.5. The molecule has 132 valence electrons. The zero-order valence-corrected chi connectivity index (χ0v) is 14.4. The number of aromatic nitrogens is 2. The van der Waals surface area contributed by atoms with Crippen molar-refractivity contribution in [2.45, 2.75) is 31.6 Å². The summed E-state index contributed by atoms with van der Waals surface area (Å²) in [6.45, 7) is 3.50. The number of imidazole rings is 1. The molecule has 7 nitrogen and oxygen atoms in total. The van der Waals surface area contributed by atoms with Gasteiger partial charge in [-0.1, -0.05) is 0 Å². The van der Waals surface area contributed by atoms with E-state index in [1.165, 1.54) is 0 Å². The van der Waals surface area contributed by atoms with Gasteiger partial charge in [-0.2, -0.15) is 0 Å². The van der Waals surface area contributed by atoms with Gasteiger partial charge in [-0.25, -0.2) is 4.98 Å². The Bertz CT molecular complexity index is 584. The van der Waals surface area contributed by atoms with Crippen molar-refractivity contribution < 1.29 is 9.59 Å². The van der Waals surface area contributed by atoms with Gasteiger partial charge in [0.1, 0.15) is 5.82 Å². The Hall–Kier alpha value is -1.89. The minimum atomic E-state index is -0.295. The van der Waals surface area contributed by atoms with Crippen LogP contribution >= 0.6 is 0 Å². The quantitative estimate of drug-likeness (QED) is 0.860. The van der Waals surface area contributed by atoms with Crippen molar-refractivity contribution in [2.24, 2.45) is 18.7 Å². The van der Waals surface area contributed by atoms with Crippen LogP contribution in [0.4, 0.5) is 0 Å². The number of nitrogens with two attached hydrogens (primary N) is 1. The van der Waals surface area contributed by atoms with Crippen LogP contribution in [0.2, 0.25) is 0 Å². The van der Waals surface area contributed by atoms with Gasteiger partial charge < -0.3 is 15.2 Å². The van der Waals surface area contributed by atoms with Gasteiger partial charge in [0.05, 0.1) is 6.54 Å². The maximum Gasteiger partial charge on any atom is 0.231 e. The van der Waals surface area contributed by atoms with E-state index in [0.717, 1.165) is 57.7 Å². The molecule has 3 rings (SSSR count). The number of amides is 2. The molecule has 7 heteroatoms. The first-order valence-corrected chi connectivity index (χ1v) is 8.81. The second-order valence-corrected chi connectivity index (χ2v) is 7.01. The van der Waals surface area contributed by atoms with E-state index in [4.69, 9.17) is 5.73 Å². The van der Waals surface area contributed by atoms with Crippen LogP contribution in [-0.2, 0) is 16.6 Å². The van der Waals surface area contributed by atoms with Crippen LogP contribution in [0.3, 0.4) is 0 Å². The van der Waals surface area contributed by atoms with E-state index in [1.54, 1.807) is 0 Å². The first-order valence-electron chi connectivity index (χ1n) is 8.81. The standard InChI is InChI=1S/C17H27N5O2/c1-20-11-6-19-16(20)13-4-9-22(10-5-13)17(24)14-2-7-21(8-3-14)12-15(18)23/h6,11,13-14H,2-5,7-10,12H2,1H3,(H2,18,23). The summed E-state index contributed by atoms with van der Waals surface area (Å²) >= 11 is 0. The normalized spacial score (nSPS) is 21.1. The van der Waals surface area contributed by atoms with Crippen LogP contribution in [0.15, 0.2) is 12.4 Å². The maximum absolute atomic E-state index is 12.7. The number of primary amides is 1. The van der Waals surface area contributed by atoms with E-state index >= 15 is 0 Å². The number of rotatable bonds is 4. The SMILES string of the molecule is Cn1ccnc1C1CCN(C(=O)C2CCN(CC(N)=O)CC2)CC1. The van der Waals surface area contributed by atoms with Crippen molar-refractivity contribution in [3.63, 3.8) is 0 Å². The van der Waals surface area contributed by atoms with Gasteiger partial charge >= 0.3 is 0 Å². The fraction of sp³-hybridized carbons (Fsp3) is 0.706. The molecule has 2 aliphatic heterocycles. The summed E-state index contributed by atoms with van der Waals surface area (Å²) in [4.78, 5) is 32.2. The number of carbonyl (C=O) groups excluding carboxylic acids is 2. The summed E-state index contributed by atoms with van der Waals surface area (Å²) in [5, 5.41) is 0. The number of aryl methyl sites for hydroxylation is 1. The van der Waals surface area contributed by atoms with E-state index < -0.39 is 0 Å². The topological polar surface area (TPSA) is 84.5 Å². The molecule has 2 saturated heterocycles. The fourth-order valence-electron chi connectivity index (χ4n) is 3.95. The highest BCUT2D eigenvalue weighted by atomic mass is 16.2. The number of hydrogen-bond donors (Lipinski definition) is 1. The van der Waals surface area contributed by atoms with Crippen molar-refractivity contribution in [3.05, 3.63) is 18.2 Å². The number of piperidine rings is 2. The summed E-state index contributed by atoms with van der Waals surface area (Å²) in [5.41, 5.74) is 5.24. The number of hydrogen-bond acceptors (Lipinski definition) is 4. The highest BCUT2D eigenvalue weighted by Crippen LogP contribution is 2.28. The zero-order chi connectivity index (χ0) is 17.1. The van der Waals surface area contributed by atoms with Gasteiger partial charge in [0, 0.05) is 44.4 Å². The fourth-order valence-corrected chi connectivity index (χ4v) is 3.95. The predicted molar refractivity (Wildman–Crippen MR) is 90.1 cm³/mol. The van der Waals surface area contributed by atoms with E-state index in [9.17, 15) is 9.59 Å². The van der Waals surface area contributed by atoms with Crippen molar-refractivity contribution >= 4 is 11.8 Å². The third-order valence-corrected chi connectivity index (χ3v) is 5.35. The number of likely N-dealkylation sites (tertiary alicyclic amines) is 2. The molecule has 24 heavy (non-hydrogen) atoms. The Morgan fingerprint density at radius 1 is 1.17 bits per heavy atom. The molecular weight excluding hydrogens is 306 g/mol. The molecule has 2 amide bonds. The van der Waals surface area contributed by atoms with Crippen molar-refractivity contribution in [3.8, 4) is 0 Å². The molecule has 0 atom stereocenters. The lowest BCUT2D eigenvalue weighted by Gasteiger charge is -2.37. The third kappa shape index (κ3) is 3.77. The second-order valence-electron chi connectivity index (χ2n) is 7.01. The molecule has 0 saturated carbocycles. The second kappa shape index (κ2) is 7.34. The monoisotopic (exact) mass is 333 g/mol. The highest BCUT2D eigenvalue weighted by molar-refractivity contribution is 5.79. The first kappa shape index (κ1) is 17.0. The molecule has 0 bridgehead atoms. The average molecular weight is 333 g/mol. The van der Waals surface area contributed by atoms with E-state index in [2.05, 4.69) is 9.55 Å². The van der Waals surface area contributed by atoms with Crippen LogP contribution in [-0.4, -0.2) is 63.9 Å². The lowest BCUT2D eigenvalue weighted by Crippen LogP contribution is -2.46. The molecule has 0 unspecified atom stereocenters. The summed E-state index contributed by atoms with van der Waals surface area (Å²) in [6, 6.07) is 0. The number of carbonyl (C=O) groups is 2. The van der Waals surface area contributed by atoms with Crippen LogP contribution in [0.5, 0.6) is 0 Å². The summed E-state index contributed by atoms with van der Waals surface area (Å²) in [5.74, 6) is 1.66. The molecule has 0 spiro atoms. The Morgan fingerprint density at radius 2 is 1.83 bits per heavy atom. The Kier molecular flexibility index (Phi) is 5.18. The van der Waals surface area contributed by atoms with Crippen molar-refractivity contribution in [1.29, 1.82) is 0 Å². The maximum atomic E-state index is 12.7. The highest BCUT2D eigenvalue weighted by Gasteiger charge is 2.32. The molecule has 0 aliphatic carbocycles. The molecule has 1 aromatic rings. The minimum Gasteiger partial charge on any atom is -0.369 e. The summed E-state index contributed by atoms with van der Waals surface area (Å²) < 4.78 is 2.08. The lowest BCUT2D eigenvalue weighted by atomic mass is 9.91. The van der Waals surface area contributed by atoms with E-state index in [1.807, 2.05) is 29.2 Å². The van der Waals surface area contributed by atoms with Crippen LogP contribution in [0, 0.1) is 5.92 Å². The molecule has 2 N–H and O–H groups in total. The van der Waals surface area contributed by atoms with Gasteiger partial charge in [-0.3, -0.25) is 14.5 Å². The van der Waals surface area contributed by atoms with Gasteiger partial charge in [0.2, 0.25) is 11.8 Å². The van der Waals surface area contributed by atoms with E-state index in [0.29, 0.717) is 12.5 Å². The van der Waals surface area contributed by atoms with Crippen molar-refractivity contribution in [2.75, 3.05) is 32.7 Å². The Morgan fingerprint density at radius 3 is 2.38 bits per heavy atom. The van der Waals surface area contributed by atoms with Gasteiger partial charge in [0.15, 0.2) is 0 Å². The molecular formula is C17H27N5O2. The molecule has 1 aromatic heterocycles. The molecule has 3 heterocycles. The third-order valence-electron chi connectivity index (χ3n) is 5.35. The minimum absolute atomic E-state index is 0.0961.